The smallest absolute Gasteiger partial charge is 0.291 e. The first-order valence-corrected chi connectivity index (χ1v) is 14.4. The van der Waals surface area contributed by atoms with Gasteiger partial charge in [-0.25, -0.2) is 21.9 Å². The average Bonchev–Trinajstić information content (AvgIpc) is 3.49. The van der Waals surface area contributed by atoms with E-state index in [2.05, 4.69) is 31.6 Å². The van der Waals surface area contributed by atoms with Crippen molar-refractivity contribution in [2.24, 2.45) is 0 Å². The highest BCUT2D eigenvalue weighted by Crippen LogP contribution is 2.36. The summed E-state index contributed by atoms with van der Waals surface area (Å²) in [6.07, 6.45) is -1.21. The minimum Gasteiger partial charge on any atom is -0.378 e. The van der Waals surface area contributed by atoms with Crippen LogP contribution in [0.15, 0.2) is 29.3 Å². The molecule has 200 valence electrons. The Kier molecular flexibility index (Phi) is 6.24. The third kappa shape index (κ3) is 4.53. The number of ether oxygens (including phenoxy) is 2. The first-order chi connectivity index (χ1) is 17.6. The Morgan fingerprint density at radius 1 is 1.22 bits per heavy atom. The van der Waals surface area contributed by atoms with Gasteiger partial charge in [-0.2, -0.15) is 0 Å². The molecular weight excluding hydrogens is 526 g/mol. The lowest BCUT2D eigenvalue weighted by Crippen LogP contribution is -2.62. The fraction of sp³-hybridized carbons (Fsp3) is 0.565. The van der Waals surface area contributed by atoms with Gasteiger partial charge in [0, 0.05) is 31.9 Å². The number of alkyl halides is 2. The highest BCUT2D eigenvalue weighted by molar-refractivity contribution is 7.89. The molecule has 3 aliphatic heterocycles. The van der Waals surface area contributed by atoms with Crippen LogP contribution in [0.5, 0.6) is 0 Å². The first kappa shape index (κ1) is 25.1. The van der Waals surface area contributed by atoms with Gasteiger partial charge in [0.1, 0.15) is 4.90 Å². The third-order valence-corrected chi connectivity index (χ3v) is 9.75. The molecule has 0 aliphatic carbocycles. The fourth-order valence-corrected chi connectivity index (χ4v) is 7.49. The minimum absolute atomic E-state index is 0.0779. The summed E-state index contributed by atoms with van der Waals surface area (Å²) in [5, 5.41) is 7.49. The monoisotopic (exact) mass is 554 g/mol. The Labute approximate surface area is 217 Å². The van der Waals surface area contributed by atoms with E-state index in [0.29, 0.717) is 50.2 Å². The maximum Gasteiger partial charge on any atom is 0.291 e. The number of nitrogens with one attached hydrogen (secondary N) is 1. The molecule has 37 heavy (non-hydrogen) atoms. The Hall–Kier alpha value is -2.23. The minimum atomic E-state index is -3.92. The van der Waals surface area contributed by atoms with Gasteiger partial charge in [-0.05, 0) is 32.0 Å². The molecule has 14 heteroatoms. The van der Waals surface area contributed by atoms with E-state index in [4.69, 9.17) is 9.47 Å². The molecule has 0 spiro atoms. The van der Waals surface area contributed by atoms with Crippen LogP contribution in [-0.2, 0) is 19.5 Å². The van der Waals surface area contributed by atoms with Gasteiger partial charge in [0.2, 0.25) is 10.0 Å². The maximum absolute atomic E-state index is 13.5. The second-order valence-corrected chi connectivity index (χ2v) is 12.9. The maximum atomic E-state index is 13.5. The SMILES string of the molecule is C[C@H]1CN(c2cc(S(=O)(=O)NC3(C)COC3)cn3c(-c4nnc(C(F)F)s4)ccc23)C[C@@H]2COCCN21. The highest BCUT2D eigenvalue weighted by Gasteiger charge is 2.39. The lowest BCUT2D eigenvalue weighted by Gasteiger charge is -2.48. The van der Waals surface area contributed by atoms with Crippen molar-refractivity contribution in [2.75, 3.05) is 51.0 Å². The molecule has 0 saturated carbocycles. The van der Waals surface area contributed by atoms with Crippen molar-refractivity contribution in [3.05, 3.63) is 29.4 Å². The van der Waals surface area contributed by atoms with E-state index in [1.165, 1.54) is 6.20 Å². The molecular formula is C23H28F2N6O4S2. The molecule has 0 bridgehead atoms. The Morgan fingerprint density at radius 3 is 2.73 bits per heavy atom. The van der Waals surface area contributed by atoms with E-state index in [-0.39, 0.29) is 22.0 Å². The van der Waals surface area contributed by atoms with Crippen LogP contribution >= 0.6 is 11.3 Å². The molecule has 3 saturated heterocycles. The van der Waals surface area contributed by atoms with Crippen molar-refractivity contribution in [1.82, 2.24) is 24.2 Å². The van der Waals surface area contributed by atoms with E-state index in [9.17, 15) is 17.2 Å². The molecule has 1 N–H and O–H groups in total. The highest BCUT2D eigenvalue weighted by atomic mass is 32.2. The average molecular weight is 555 g/mol. The van der Waals surface area contributed by atoms with E-state index in [1.54, 1.807) is 23.5 Å². The van der Waals surface area contributed by atoms with Gasteiger partial charge in [-0.15, -0.1) is 10.2 Å². The predicted octanol–water partition coefficient (Wildman–Crippen LogP) is 2.37. The van der Waals surface area contributed by atoms with Crippen molar-refractivity contribution in [3.8, 4) is 10.7 Å². The molecule has 6 heterocycles. The summed E-state index contributed by atoms with van der Waals surface area (Å²) < 4.78 is 68.9. The van der Waals surface area contributed by atoms with Gasteiger partial charge in [0.05, 0.1) is 54.9 Å². The normalized spacial score (nSPS) is 24.4. The number of anilines is 1. The number of halogens is 2. The first-order valence-electron chi connectivity index (χ1n) is 12.1. The van der Waals surface area contributed by atoms with E-state index in [1.807, 2.05) is 6.07 Å². The van der Waals surface area contributed by atoms with Crippen LogP contribution in [0.4, 0.5) is 14.5 Å². The lowest BCUT2D eigenvalue weighted by molar-refractivity contribution is -0.0523. The summed E-state index contributed by atoms with van der Waals surface area (Å²) in [7, 11) is -3.92. The quantitative estimate of drug-likeness (QED) is 0.496. The van der Waals surface area contributed by atoms with Gasteiger partial charge in [-0.1, -0.05) is 11.3 Å². The van der Waals surface area contributed by atoms with Crippen LogP contribution in [0.1, 0.15) is 25.3 Å². The zero-order chi connectivity index (χ0) is 25.9. The molecule has 6 rings (SSSR count). The van der Waals surface area contributed by atoms with Crippen LogP contribution in [-0.4, -0.2) is 91.6 Å². The van der Waals surface area contributed by atoms with Crippen LogP contribution in [0, 0.1) is 0 Å². The van der Waals surface area contributed by atoms with Crippen molar-refractivity contribution in [1.29, 1.82) is 0 Å². The molecule has 0 unspecified atom stereocenters. The number of rotatable bonds is 6. The van der Waals surface area contributed by atoms with E-state index in [0.717, 1.165) is 29.1 Å². The number of aromatic nitrogens is 3. The van der Waals surface area contributed by atoms with Crippen LogP contribution < -0.4 is 9.62 Å². The van der Waals surface area contributed by atoms with Crippen molar-refractivity contribution < 1.29 is 26.7 Å². The number of hydrogen-bond acceptors (Lipinski definition) is 9. The van der Waals surface area contributed by atoms with E-state index >= 15 is 0 Å². The zero-order valence-electron chi connectivity index (χ0n) is 20.4. The predicted molar refractivity (Wildman–Crippen MR) is 134 cm³/mol. The van der Waals surface area contributed by atoms with E-state index < -0.39 is 22.0 Å². The summed E-state index contributed by atoms with van der Waals surface area (Å²) in [5.41, 5.74) is 1.33. The number of morpholine rings is 1. The summed E-state index contributed by atoms with van der Waals surface area (Å²) in [4.78, 5) is 4.71. The van der Waals surface area contributed by atoms with Crippen molar-refractivity contribution in [3.63, 3.8) is 0 Å². The van der Waals surface area contributed by atoms with Crippen LogP contribution in [0.3, 0.4) is 0 Å². The van der Waals surface area contributed by atoms with Crippen LogP contribution in [0.2, 0.25) is 0 Å². The molecule has 3 aromatic rings. The number of pyridine rings is 1. The summed E-state index contributed by atoms with van der Waals surface area (Å²) in [6, 6.07) is 5.77. The van der Waals surface area contributed by atoms with Gasteiger partial charge < -0.3 is 18.8 Å². The van der Waals surface area contributed by atoms with Gasteiger partial charge in [0.15, 0.2) is 10.0 Å². The topological polar surface area (TPSA) is 101 Å². The molecule has 10 nitrogen and oxygen atoms in total. The Morgan fingerprint density at radius 2 is 2.03 bits per heavy atom. The largest absolute Gasteiger partial charge is 0.378 e. The van der Waals surface area contributed by atoms with Gasteiger partial charge >= 0.3 is 0 Å². The fourth-order valence-electron chi connectivity index (χ4n) is 5.38. The molecule has 2 atom stereocenters. The Balaban J connectivity index is 1.46. The standard InChI is InChI=1S/C23H28F2N6O4S2/c1-14-8-29(9-15-11-34-6-5-30(14)15)19-7-16(37(32,33)28-23(2)12-35-13-23)10-31-17(19)3-4-18(31)21-26-27-22(36-21)20(24)25/h3-4,7,10,14-15,20,28H,5-6,8-9,11-13H2,1-2H3/t14-,15+/m0/s1. The number of hydrogen-bond donors (Lipinski definition) is 1. The Bertz CT molecular complexity index is 1420. The molecule has 3 fully saturated rings. The number of piperazine rings is 1. The molecule has 0 aromatic carbocycles. The molecule has 3 aromatic heterocycles. The van der Waals surface area contributed by atoms with Crippen molar-refractivity contribution in [2.45, 2.75) is 42.8 Å². The van der Waals surface area contributed by atoms with Gasteiger partial charge in [-0.3, -0.25) is 4.90 Å². The molecule has 3 aliphatic rings. The molecule has 0 radical (unpaired) electrons. The third-order valence-electron chi connectivity index (χ3n) is 7.19. The zero-order valence-corrected chi connectivity index (χ0v) is 22.1. The summed E-state index contributed by atoms with van der Waals surface area (Å²) in [5.74, 6) is 0. The second-order valence-electron chi connectivity index (χ2n) is 10.2. The number of fused-ring (bicyclic) bond motifs is 2. The van der Waals surface area contributed by atoms with Crippen molar-refractivity contribution >= 4 is 32.6 Å². The second kappa shape index (κ2) is 9.20. The van der Waals surface area contributed by atoms with Gasteiger partial charge in [0.25, 0.3) is 6.43 Å². The van der Waals surface area contributed by atoms with Crippen LogP contribution in [0.25, 0.3) is 16.2 Å². The molecule has 0 amide bonds. The lowest BCUT2D eigenvalue weighted by atomic mass is 10.0. The number of nitrogens with zero attached hydrogens (tertiary/aromatic N) is 5. The summed E-state index contributed by atoms with van der Waals surface area (Å²) >= 11 is 0.795. The number of sulfonamides is 1. The summed E-state index contributed by atoms with van der Waals surface area (Å²) in [6.45, 7) is 8.12.